The van der Waals surface area contributed by atoms with Gasteiger partial charge in [0.2, 0.25) is 0 Å². The number of alkyl halides is 2. The van der Waals surface area contributed by atoms with Gasteiger partial charge in [0.05, 0.1) is 18.7 Å². The smallest absolute Gasteiger partial charge is 0.312 e. The standard InChI is InChI=1S/C10H10F2INO3/c1-2-17-8(16)4-6-7(15)3-5(13)9(14-6)10(11)12/h3,10,15H,2,4H2,1H3. The van der Waals surface area contributed by atoms with Crippen LogP contribution in [0.1, 0.15) is 24.7 Å². The molecule has 1 heterocycles. The van der Waals surface area contributed by atoms with Crippen LogP contribution in [0.15, 0.2) is 6.07 Å². The number of aromatic hydroxyl groups is 1. The third-order valence-electron chi connectivity index (χ3n) is 1.88. The molecule has 0 bridgehead atoms. The van der Waals surface area contributed by atoms with Crippen molar-refractivity contribution in [1.82, 2.24) is 4.98 Å². The molecule has 0 aromatic carbocycles. The zero-order chi connectivity index (χ0) is 13.0. The number of ether oxygens (including phenoxy) is 1. The fraction of sp³-hybridized carbons (Fsp3) is 0.400. The Balaban J connectivity index is 2.99. The van der Waals surface area contributed by atoms with Gasteiger partial charge in [-0.25, -0.2) is 13.8 Å². The van der Waals surface area contributed by atoms with E-state index >= 15 is 0 Å². The summed E-state index contributed by atoms with van der Waals surface area (Å²) in [5.41, 5.74) is -0.540. The Morgan fingerprint density at radius 2 is 2.29 bits per heavy atom. The van der Waals surface area contributed by atoms with Crippen LogP contribution in [-0.4, -0.2) is 22.7 Å². The van der Waals surface area contributed by atoms with E-state index in [0.717, 1.165) is 6.07 Å². The first-order chi connectivity index (χ1) is 7.95. The van der Waals surface area contributed by atoms with Crippen LogP contribution in [-0.2, 0) is 16.0 Å². The molecule has 0 unspecified atom stereocenters. The molecule has 0 radical (unpaired) electrons. The van der Waals surface area contributed by atoms with Gasteiger partial charge in [-0.1, -0.05) is 0 Å². The number of hydrogen-bond donors (Lipinski definition) is 1. The lowest BCUT2D eigenvalue weighted by molar-refractivity contribution is -0.142. The van der Waals surface area contributed by atoms with Crippen molar-refractivity contribution in [2.45, 2.75) is 19.8 Å². The van der Waals surface area contributed by atoms with Gasteiger partial charge < -0.3 is 9.84 Å². The average molecular weight is 357 g/mol. The molecule has 1 aromatic rings. The number of carbonyl (C=O) groups excluding carboxylic acids is 1. The Kier molecular flexibility index (Phi) is 5.03. The van der Waals surface area contributed by atoms with Crippen molar-refractivity contribution in [2.24, 2.45) is 0 Å². The minimum absolute atomic E-state index is 0.0980. The lowest BCUT2D eigenvalue weighted by Gasteiger charge is -2.08. The highest BCUT2D eigenvalue weighted by Gasteiger charge is 2.19. The van der Waals surface area contributed by atoms with Gasteiger partial charge in [-0.2, -0.15) is 0 Å². The highest BCUT2D eigenvalue weighted by atomic mass is 127. The van der Waals surface area contributed by atoms with E-state index in [1.807, 2.05) is 0 Å². The van der Waals surface area contributed by atoms with Crippen molar-refractivity contribution in [2.75, 3.05) is 6.61 Å². The molecule has 94 valence electrons. The van der Waals surface area contributed by atoms with Crippen LogP contribution in [0.2, 0.25) is 0 Å². The highest BCUT2D eigenvalue weighted by molar-refractivity contribution is 14.1. The van der Waals surface area contributed by atoms with Gasteiger partial charge in [-0.05, 0) is 35.6 Å². The van der Waals surface area contributed by atoms with Crippen molar-refractivity contribution in [1.29, 1.82) is 0 Å². The van der Waals surface area contributed by atoms with Crippen molar-refractivity contribution < 1.29 is 23.4 Å². The van der Waals surface area contributed by atoms with Crippen molar-refractivity contribution in [3.8, 4) is 5.75 Å². The van der Waals surface area contributed by atoms with Crippen LogP contribution in [0.4, 0.5) is 8.78 Å². The first kappa shape index (κ1) is 14.1. The minimum atomic E-state index is -2.75. The molecule has 1 aromatic heterocycles. The number of aromatic nitrogens is 1. The molecule has 0 spiro atoms. The second kappa shape index (κ2) is 6.08. The fourth-order valence-corrected chi connectivity index (χ4v) is 1.82. The van der Waals surface area contributed by atoms with E-state index in [1.165, 1.54) is 0 Å². The molecule has 1 rings (SSSR count). The highest BCUT2D eigenvalue weighted by Crippen LogP contribution is 2.27. The predicted molar refractivity (Wildman–Crippen MR) is 63.9 cm³/mol. The van der Waals surface area contributed by atoms with Crippen LogP contribution in [0, 0.1) is 3.57 Å². The van der Waals surface area contributed by atoms with E-state index in [2.05, 4.69) is 9.72 Å². The normalized spacial score (nSPS) is 10.6. The third-order valence-corrected chi connectivity index (χ3v) is 2.75. The number of carbonyl (C=O) groups is 1. The minimum Gasteiger partial charge on any atom is -0.506 e. The topological polar surface area (TPSA) is 59.4 Å². The number of nitrogens with zero attached hydrogens (tertiary/aromatic N) is 1. The summed E-state index contributed by atoms with van der Waals surface area (Å²) in [7, 11) is 0. The monoisotopic (exact) mass is 357 g/mol. The van der Waals surface area contributed by atoms with Crippen LogP contribution < -0.4 is 0 Å². The Bertz CT molecular complexity index is 426. The Hall–Kier alpha value is -0.990. The van der Waals surface area contributed by atoms with E-state index in [1.54, 1.807) is 29.5 Å². The first-order valence-corrected chi connectivity index (χ1v) is 5.85. The number of esters is 1. The molecule has 0 aliphatic heterocycles. The summed E-state index contributed by atoms with van der Waals surface area (Å²) in [6.07, 6.45) is -3.07. The molecule has 0 aliphatic rings. The molecule has 0 saturated carbocycles. The lowest BCUT2D eigenvalue weighted by Crippen LogP contribution is -2.10. The Morgan fingerprint density at radius 3 is 2.82 bits per heavy atom. The van der Waals surface area contributed by atoms with Gasteiger partial charge in [-0.3, -0.25) is 4.79 Å². The second-order valence-electron chi connectivity index (χ2n) is 3.10. The SMILES string of the molecule is CCOC(=O)Cc1nc(C(F)F)c(I)cc1O. The first-order valence-electron chi connectivity index (χ1n) is 4.77. The quantitative estimate of drug-likeness (QED) is 0.664. The Morgan fingerprint density at radius 1 is 1.65 bits per heavy atom. The van der Waals surface area contributed by atoms with Crippen LogP contribution >= 0.6 is 22.6 Å². The third kappa shape index (κ3) is 3.76. The predicted octanol–water partition coefficient (Wildman–Crippen LogP) is 2.44. The molecule has 4 nitrogen and oxygen atoms in total. The van der Waals surface area contributed by atoms with Crippen molar-refractivity contribution in [3.63, 3.8) is 0 Å². The number of hydrogen-bond acceptors (Lipinski definition) is 4. The molecular weight excluding hydrogens is 347 g/mol. The average Bonchev–Trinajstić information content (AvgIpc) is 2.21. The fourth-order valence-electron chi connectivity index (χ4n) is 1.17. The van der Waals surface area contributed by atoms with E-state index in [0.29, 0.717) is 0 Å². The zero-order valence-corrected chi connectivity index (χ0v) is 11.1. The van der Waals surface area contributed by atoms with Crippen molar-refractivity contribution in [3.05, 3.63) is 21.0 Å². The largest absolute Gasteiger partial charge is 0.506 e. The van der Waals surface area contributed by atoms with Gasteiger partial charge in [-0.15, -0.1) is 0 Å². The number of rotatable bonds is 4. The van der Waals surface area contributed by atoms with Crippen molar-refractivity contribution >= 4 is 28.6 Å². The molecular formula is C10H10F2INO3. The summed E-state index contributed by atoms with van der Waals surface area (Å²) in [4.78, 5) is 14.8. The number of pyridine rings is 1. The maximum atomic E-state index is 12.6. The number of halogens is 3. The van der Waals surface area contributed by atoms with E-state index in [-0.39, 0.29) is 28.0 Å². The van der Waals surface area contributed by atoms with Crippen LogP contribution in [0.25, 0.3) is 0 Å². The molecule has 1 N–H and O–H groups in total. The molecule has 0 atom stereocenters. The van der Waals surface area contributed by atoms with E-state index in [9.17, 15) is 18.7 Å². The molecule has 17 heavy (non-hydrogen) atoms. The van der Waals surface area contributed by atoms with Gasteiger partial charge in [0.25, 0.3) is 6.43 Å². The zero-order valence-electron chi connectivity index (χ0n) is 8.91. The molecule has 0 saturated heterocycles. The summed E-state index contributed by atoms with van der Waals surface area (Å²) in [5.74, 6) is -0.899. The molecule has 0 fully saturated rings. The van der Waals surface area contributed by atoms with Gasteiger partial charge in [0, 0.05) is 3.57 Å². The summed E-state index contributed by atoms with van der Waals surface area (Å²) in [5, 5.41) is 9.49. The van der Waals surface area contributed by atoms with Crippen LogP contribution in [0.5, 0.6) is 5.75 Å². The van der Waals surface area contributed by atoms with Crippen LogP contribution in [0.3, 0.4) is 0 Å². The van der Waals surface area contributed by atoms with Gasteiger partial charge in [0.1, 0.15) is 11.4 Å². The van der Waals surface area contributed by atoms with Gasteiger partial charge in [0.15, 0.2) is 0 Å². The molecule has 0 amide bonds. The second-order valence-corrected chi connectivity index (χ2v) is 4.27. The summed E-state index contributed by atoms with van der Waals surface area (Å²) in [6, 6.07) is 1.16. The van der Waals surface area contributed by atoms with E-state index in [4.69, 9.17) is 0 Å². The maximum absolute atomic E-state index is 12.6. The molecule has 0 aliphatic carbocycles. The summed E-state index contributed by atoms with van der Waals surface area (Å²) in [6.45, 7) is 1.81. The summed E-state index contributed by atoms with van der Waals surface area (Å²) >= 11 is 1.65. The lowest BCUT2D eigenvalue weighted by atomic mass is 10.2. The van der Waals surface area contributed by atoms with E-state index < -0.39 is 18.1 Å². The maximum Gasteiger partial charge on any atom is 0.312 e. The Labute approximate surface area is 110 Å². The molecule has 7 heteroatoms. The summed E-state index contributed by atoms with van der Waals surface area (Å²) < 4.78 is 29.9. The van der Waals surface area contributed by atoms with Gasteiger partial charge >= 0.3 is 5.97 Å².